The van der Waals surface area contributed by atoms with Crippen molar-refractivity contribution in [2.24, 2.45) is 5.73 Å². The molecular formula is C41H75N5O9S. The van der Waals surface area contributed by atoms with E-state index in [9.17, 15) is 29.7 Å². The Hall–Kier alpha value is -2.30. The molecule has 3 unspecified atom stereocenters. The van der Waals surface area contributed by atoms with Gasteiger partial charge in [-0.2, -0.15) is 11.8 Å². The summed E-state index contributed by atoms with van der Waals surface area (Å²) < 4.78 is 17.9. The summed E-state index contributed by atoms with van der Waals surface area (Å²) in [6, 6.07) is -0.949. The third-order valence-corrected chi connectivity index (χ3v) is 11.4. The molecule has 1 aromatic heterocycles. The molecule has 2 heterocycles. The summed E-state index contributed by atoms with van der Waals surface area (Å²) >= 11 is 1.31. The van der Waals surface area contributed by atoms with E-state index < -0.39 is 49.2 Å². The number of carbonyl (C=O) groups is 3. The number of thioether (sulfide) groups is 1. The van der Waals surface area contributed by atoms with E-state index in [-0.39, 0.29) is 35.9 Å². The Morgan fingerprint density at radius 3 is 1.79 bits per heavy atom. The topological polar surface area (TPSA) is 208 Å². The van der Waals surface area contributed by atoms with Crippen LogP contribution in [0.3, 0.4) is 0 Å². The zero-order valence-electron chi connectivity index (χ0n) is 34.5. The fraction of sp³-hybridized carbons (Fsp3) is 0.878. The largest absolute Gasteiger partial charge is 0.462 e. The zero-order valence-corrected chi connectivity index (χ0v) is 35.3. The predicted molar refractivity (Wildman–Crippen MR) is 220 cm³/mol. The number of carbonyl (C=O) groups excluding carboxylic acids is 3. The van der Waals surface area contributed by atoms with Gasteiger partial charge < -0.3 is 40.6 Å². The van der Waals surface area contributed by atoms with Crippen molar-refractivity contribution in [2.45, 2.75) is 205 Å². The van der Waals surface area contributed by atoms with E-state index in [1.165, 1.54) is 121 Å². The average Bonchev–Trinajstić information content (AvgIpc) is 3.77. The lowest BCUT2D eigenvalue weighted by Gasteiger charge is -2.19. The number of aliphatic hydroxyl groups is 3. The van der Waals surface area contributed by atoms with Gasteiger partial charge in [0.1, 0.15) is 31.0 Å². The molecule has 6 N–H and O–H groups in total. The van der Waals surface area contributed by atoms with Gasteiger partial charge in [-0.15, -0.1) is 5.10 Å². The summed E-state index contributed by atoms with van der Waals surface area (Å²) in [6.45, 7) is 3.92. The number of unbranched alkanes of at least 4 members (excludes halogenated alkanes) is 20. The first-order valence-corrected chi connectivity index (χ1v) is 22.9. The van der Waals surface area contributed by atoms with Crippen LogP contribution in [0.1, 0.15) is 174 Å². The van der Waals surface area contributed by atoms with Crippen molar-refractivity contribution in [1.29, 1.82) is 0 Å². The maximum Gasteiger partial charge on any atom is 0.306 e. The van der Waals surface area contributed by atoms with Gasteiger partial charge in [0, 0.05) is 24.3 Å². The molecule has 15 heteroatoms. The standard InChI is InChI=1S/C41H75N5O9S/c1-3-5-7-9-11-13-15-17-19-21-23-25-36(48)53-29-32(54-37(49)26-24-22-20-18-16-14-12-10-8-6-4-2)30-56-31-33(42)40(52)43-35-27-46(45-44-35)41-39(51)38(50)34(28-47)55-41/h27,32-34,38-39,41,47,50-51H,3-26,28-31,42H2,1-2H3,(H,43,52)/t32?,33?,34?,38-,39+,41+/m1/s1. The number of rotatable bonds is 35. The Bertz CT molecular complexity index is 1180. The maximum absolute atomic E-state index is 12.8. The molecule has 6 atom stereocenters. The second kappa shape index (κ2) is 31.7. The van der Waals surface area contributed by atoms with Crippen LogP contribution in [0.4, 0.5) is 5.82 Å². The van der Waals surface area contributed by atoms with Gasteiger partial charge >= 0.3 is 11.9 Å². The molecule has 1 amide bonds. The highest BCUT2D eigenvalue weighted by molar-refractivity contribution is 7.99. The van der Waals surface area contributed by atoms with E-state index in [0.29, 0.717) is 12.8 Å². The smallest absolute Gasteiger partial charge is 0.306 e. The molecule has 0 spiro atoms. The van der Waals surface area contributed by atoms with Crippen molar-refractivity contribution in [1.82, 2.24) is 15.0 Å². The van der Waals surface area contributed by atoms with Crippen LogP contribution in [0.2, 0.25) is 0 Å². The fourth-order valence-electron chi connectivity index (χ4n) is 6.66. The number of aromatic nitrogens is 3. The van der Waals surface area contributed by atoms with Gasteiger partial charge in [0.05, 0.1) is 18.8 Å². The first kappa shape index (κ1) is 49.8. The summed E-state index contributed by atoms with van der Waals surface area (Å²) in [5.41, 5.74) is 6.16. The number of hydrogen-bond acceptors (Lipinski definition) is 13. The van der Waals surface area contributed by atoms with Gasteiger partial charge in [0.2, 0.25) is 5.91 Å². The van der Waals surface area contributed by atoms with E-state index >= 15 is 0 Å². The van der Waals surface area contributed by atoms with Crippen molar-refractivity contribution >= 4 is 35.4 Å². The Labute approximate surface area is 340 Å². The maximum atomic E-state index is 12.8. The predicted octanol–water partition coefficient (Wildman–Crippen LogP) is 6.75. The minimum Gasteiger partial charge on any atom is -0.462 e. The molecule has 0 bridgehead atoms. The summed E-state index contributed by atoms with van der Waals surface area (Å²) in [5, 5.41) is 39.9. The van der Waals surface area contributed by atoms with Crippen LogP contribution >= 0.6 is 11.8 Å². The second-order valence-electron chi connectivity index (χ2n) is 15.3. The summed E-state index contributed by atoms with van der Waals surface area (Å²) in [7, 11) is 0. The minimum atomic E-state index is -1.35. The number of nitrogens with two attached hydrogens (primary N) is 1. The lowest BCUT2D eigenvalue weighted by atomic mass is 10.1. The molecular weight excluding hydrogens is 739 g/mol. The van der Waals surface area contributed by atoms with Gasteiger partial charge in [-0.1, -0.05) is 147 Å². The first-order valence-electron chi connectivity index (χ1n) is 21.7. The molecule has 2 rings (SSSR count). The molecule has 0 aliphatic carbocycles. The number of ether oxygens (including phenoxy) is 3. The van der Waals surface area contributed by atoms with Gasteiger partial charge in [-0.05, 0) is 12.8 Å². The first-order chi connectivity index (χ1) is 27.2. The fourth-order valence-corrected chi connectivity index (χ4v) is 7.63. The van der Waals surface area contributed by atoms with Gasteiger partial charge in [-0.25, -0.2) is 4.68 Å². The number of esters is 2. The Balaban J connectivity index is 1.75. The molecule has 1 fully saturated rings. The van der Waals surface area contributed by atoms with Crippen LogP contribution in [0, 0.1) is 0 Å². The number of amides is 1. The minimum absolute atomic E-state index is 0.0562. The summed E-state index contributed by atoms with van der Waals surface area (Å²) in [4.78, 5) is 38.2. The lowest BCUT2D eigenvalue weighted by Crippen LogP contribution is -2.38. The van der Waals surface area contributed by atoms with E-state index in [4.69, 9.17) is 19.9 Å². The van der Waals surface area contributed by atoms with Gasteiger partial charge in [0.25, 0.3) is 0 Å². The molecule has 324 valence electrons. The molecule has 0 saturated carbocycles. The zero-order chi connectivity index (χ0) is 40.8. The number of hydrogen-bond donors (Lipinski definition) is 5. The molecule has 1 aliphatic rings. The van der Waals surface area contributed by atoms with Crippen LogP contribution in [0.15, 0.2) is 6.20 Å². The van der Waals surface area contributed by atoms with Crippen molar-refractivity contribution in [3.8, 4) is 0 Å². The van der Waals surface area contributed by atoms with E-state index in [1.807, 2.05) is 0 Å². The number of anilines is 1. The van der Waals surface area contributed by atoms with Crippen LogP contribution in [-0.2, 0) is 28.6 Å². The third-order valence-electron chi connectivity index (χ3n) is 10.2. The molecule has 1 saturated heterocycles. The Kier molecular flexibility index (Phi) is 28.2. The van der Waals surface area contributed by atoms with Crippen molar-refractivity contribution in [3.05, 3.63) is 6.20 Å². The van der Waals surface area contributed by atoms with Gasteiger partial charge in [-0.3, -0.25) is 14.4 Å². The Morgan fingerprint density at radius 1 is 0.786 bits per heavy atom. The summed E-state index contributed by atoms with van der Waals surface area (Å²) in [5.74, 6) is -0.626. The Morgan fingerprint density at radius 2 is 1.29 bits per heavy atom. The van der Waals surface area contributed by atoms with Crippen LogP contribution < -0.4 is 11.1 Å². The molecule has 1 aromatic rings. The van der Waals surface area contributed by atoms with Gasteiger partial charge in [0.15, 0.2) is 12.0 Å². The summed E-state index contributed by atoms with van der Waals surface area (Å²) in [6.07, 6.45) is 22.7. The quantitative estimate of drug-likeness (QED) is 0.0356. The molecule has 14 nitrogen and oxygen atoms in total. The third kappa shape index (κ3) is 22.0. The van der Waals surface area contributed by atoms with E-state index in [1.54, 1.807) is 0 Å². The van der Waals surface area contributed by atoms with E-state index in [2.05, 4.69) is 29.5 Å². The SMILES string of the molecule is CCCCCCCCCCCCCC(=O)OCC(CSCC(N)C(=O)Nc1cn([C@H]2OC(CO)[C@@H](O)[C@@H]2O)nn1)OC(=O)CCCCCCCCCCCCC. The number of nitrogens with zero attached hydrogens (tertiary/aromatic N) is 3. The molecule has 1 aliphatic heterocycles. The highest BCUT2D eigenvalue weighted by Crippen LogP contribution is 2.29. The van der Waals surface area contributed by atoms with Crippen LogP contribution in [-0.4, -0.2) is 103 Å². The van der Waals surface area contributed by atoms with E-state index in [0.717, 1.165) is 43.2 Å². The monoisotopic (exact) mass is 814 g/mol. The number of aliphatic hydroxyl groups excluding tert-OH is 3. The van der Waals surface area contributed by atoms with Crippen molar-refractivity contribution < 1.29 is 43.9 Å². The second-order valence-corrected chi connectivity index (χ2v) is 16.4. The van der Waals surface area contributed by atoms with Crippen molar-refractivity contribution in [2.75, 3.05) is 30.0 Å². The van der Waals surface area contributed by atoms with Crippen molar-refractivity contribution in [3.63, 3.8) is 0 Å². The molecule has 0 radical (unpaired) electrons. The van der Waals surface area contributed by atoms with Crippen LogP contribution in [0.25, 0.3) is 0 Å². The molecule has 56 heavy (non-hydrogen) atoms. The van der Waals surface area contributed by atoms with Crippen LogP contribution in [0.5, 0.6) is 0 Å². The average molecular weight is 814 g/mol. The highest BCUT2D eigenvalue weighted by Gasteiger charge is 2.44. The lowest BCUT2D eigenvalue weighted by molar-refractivity contribution is -0.157. The highest BCUT2D eigenvalue weighted by atomic mass is 32.2. The molecule has 0 aromatic carbocycles. The number of nitrogens with one attached hydrogen (secondary N) is 1. The normalized spacial score (nSPS) is 19.2.